The second-order valence-corrected chi connectivity index (χ2v) is 5.66. The van der Waals surface area contributed by atoms with E-state index in [4.69, 9.17) is 16.3 Å². The number of carbonyl (C=O) groups excluding carboxylic acids is 1. The molecule has 0 aliphatic heterocycles. The summed E-state index contributed by atoms with van der Waals surface area (Å²) >= 11 is 8.24. The van der Waals surface area contributed by atoms with Gasteiger partial charge in [0.15, 0.2) is 5.78 Å². The molecule has 98 valence electrons. The van der Waals surface area contributed by atoms with Crippen molar-refractivity contribution in [2.75, 3.05) is 0 Å². The fourth-order valence-corrected chi connectivity index (χ4v) is 2.68. The van der Waals surface area contributed by atoms with E-state index in [0.29, 0.717) is 22.9 Å². The maximum absolute atomic E-state index is 11.4. The van der Waals surface area contributed by atoms with E-state index in [1.807, 2.05) is 30.3 Å². The Morgan fingerprint density at radius 1 is 1.26 bits per heavy atom. The average molecular weight is 387 g/mol. The molecule has 0 atom stereocenters. The quantitative estimate of drug-likeness (QED) is 0.561. The van der Waals surface area contributed by atoms with Crippen LogP contribution in [0.4, 0.5) is 0 Å². The summed E-state index contributed by atoms with van der Waals surface area (Å²) in [5.41, 5.74) is 1.70. The van der Waals surface area contributed by atoms with Crippen molar-refractivity contribution in [2.24, 2.45) is 0 Å². The molecule has 0 saturated heterocycles. The molecule has 0 aliphatic carbocycles. The lowest BCUT2D eigenvalue weighted by molar-refractivity contribution is 0.101. The summed E-state index contributed by atoms with van der Waals surface area (Å²) in [6, 6.07) is 13.3. The third-order valence-electron chi connectivity index (χ3n) is 2.64. The van der Waals surface area contributed by atoms with Gasteiger partial charge in [0.25, 0.3) is 0 Å². The Hall–Kier alpha value is -1.07. The number of ether oxygens (including phenoxy) is 1. The van der Waals surface area contributed by atoms with E-state index in [9.17, 15) is 4.79 Å². The van der Waals surface area contributed by atoms with Gasteiger partial charge in [-0.25, -0.2) is 0 Å². The monoisotopic (exact) mass is 386 g/mol. The maximum atomic E-state index is 11.4. The highest BCUT2D eigenvalue weighted by Crippen LogP contribution is 2.30. The highest BCUT2D eigenvalue weighted by atomic mass is 127. The van der Waals surface area contributed by atoms with Gasteiger partial charge in [-0.3, -0.25) is 4.79 Å². The number of hydrogen-bond donors (Lipinski definition) is 0. The van der Waals surface area contributed by atoms with Gasteiger partial charge in [-0.05, 0) is 47.2 Å². The van der Waals surface area contributed by atoms with Crippen molar-refractivity contribution in [3.63, 3.8) is 0 Å². The molecule has 0 amide bonds. The number of hydrogen-bond acceptors (Lipinski definition) is 2. The van der Waals surface area contributed by atoms with Gasteiger partial charge >= 0.3 is 0 Å². The van der Waals surface area contributed by atoms with Crippen LogP contribution in [0.3, 0.4) is 0 Å². The van der Waals surface area contributed by atoms with Gasteiger partial charge in [0.05, 0.1) is 5.02 Å². The normalized spacial score (nSPS) is 10.3. The van der Waals surface area contributed by atoms with Gasteiger partial charge in [-0.15, -0.1) is 0 Å². The van der Waals surface area contributed by atoms with Crippen LogP contribution in [0.25, 0.3) is 0 Å². The predicted octanol–water partition coefficient (Wildman–Crippen LogP) is 4.73. The van der Waals surface area contributed by atoms with Crippen molar-refractivity contribution in [1.82, 2.24) is 0 Å². The first-order valence-corrected chi connectivity index (χ1v) is 7.20. The molecule has 0 saturated carbocycles. The number of Topliss-reactive ketones (excluding diaryl/α,β-unsaturated/α-hetero) is 1. The van der Waals surface area contributed by atoms with Crippen molar-refractivity contribution in [3.8, 4) is 5.75 Å². The first kappa shape index (κ1) is 14.3. The molecule has 4 heteroatoms. The Kier molecular flexibility index (Phi) is 4.82. The SMILES string of the molecule is CC(=O)c1cc(Cl)c(OCc2ccccc2)cc1I. The molecule has 19 heavy (non-hydrogen) atoms. The zero-order chi connectivity index (χ0) is 13.8. The Balaban J connectivity index is 2.17. The number of benzene rings is 2. The van der Waals surface area contributed by atoms with Crippen LogP contribution in [0.2, 0.25) is 5.02 Å². The fraction of sp³-hybridized carbons (Fsp3) is 0.133. The molecule has 0 aromatic heterocycles. The molecule has 2 aromatic rings. The molecule has 0 spiro atoms. The minimum atomic E-state index is 0.000842. The standard InChI is InChI=1S/C15H12ClIO2/c1-10(18)12-7-13(16)15(8-14(12)17)19-9-11-5-3-2-4-6-11/h2-8H,9H2,1H3. The number of carbonyl (C=O) groups is 1. The van der Waals surface area contributed by atoms with Gasteiger partial charge in [-0.2, -0.15) is 0 Å². The highest BCUT2D eigenvalue weighted by Gasteiger charge is 2.11. The van der Waals surface area contributed by atoms with Gasteiger partial charge in [0.1, 0.15) is 12.4 Å². The molecule has 0 bridgehead atoms. The Morgan fingerprint density at radius 3 is 2.58 bits per heavy atom. The average Bonchev–Trinajstić information content (AvgIpc) is 2.40. The summed E-state index contributed by atoms with van der Waals surface area (Å²) in [5.74, 6) is 0.598. The van der Waals surface area contributed by atoms with E-state index >= 15 is 0 Å². The molecule has 0 N–H and O–H groups in total. The fourth-order valence-electron chi connectivity index (χ4n) is 1.64. The predicted molar refractivity (Wildman–Crippen MR) is 84.9 cm³/mol. The second-order valence-electron chi connectivity index (χ2n) is 4.09. The molecule has 0 unspecified atom stereocenters. The van der Waals surface area contributed by atoms with Crippen LogP contribution in [0, 0.1) is 3.57 Å². The molecule has 0 heterocycles. The molecule has 0 aliphatic rings. The van der Waals surface area contributed by atoms with E-state index in [2.05, 4.69) is 22.6 Å². The molecule has 0 radical (unpaired) electrons. The van der Waals surface area contributed by atoms with Gasteiger partial charge in [-0.1, -0.05) is 41.9 Å². The van der Waals surface area contributed by atoms with Crippen molar-refractivity contribution < 1.29 is 9.53 Å². The van der Waals surface area contributed by atoms with Crippen LogP contribution in [0.1, 0.15) is 22.8 Å². The summed E-state index contributed by atoms with van der Waals surface area (Å²) in [7, 11) is 0. The Morgan fingerprint density at radius 2 is 1.95 bits per heavy atom. The largest absolute Gasteiger partial charge is 0.487 e. The van der Waals surface area contributed by atoms with Crippen molar-refractivity contribution >= 4 is 40.0 Å². The second kappa shape index (κ2) is 6.39. The summed E-state index contributed by atoms with van der Waals surface area (Å²) < 4.78 is 6.54. The Labute approximate surface area is 130 Å². The van der Waals surface area contributed by atoms with Crippen LogP contribution in [-0.4, -0.2) is 5.78 Å². The van der Waals surface area contributed by atoms with E-state index < -0.39 is 0 Å². The zero-order valence-electron chi connectivity index (χ0n) is 10.3. The molecular formula is C15H12ClIO2. The van der Waals surface area contributed by atoms with E-state index in [1.165, 1.54) is 6.92 Å². The lowest BCUT2D eigenvalue weighted by Crippen LogP contribution is -2.00. The van der Waals surface area contributed by atoms with Crippen LogP contribution >= 0.6 is 34.2 Å². The van der Waals surface area contributed by atoms with Crippen LogP contribution in [0.15, 0.2) is 42.5 Å². The van der Waals surface area contributed by atoms with Crippen LogP contribution in [0.5, 0.6) is 5.75 Å². The van der Waals surface area contributed by atoms with Crippen LogP contribution < -0.4 is 4.74 Å². The topological polar surface area (TPSA) is 26.3 Å². The lowest BCUT2D eigenvalue weighted by atomic mass is 10.1. The number of halogens is 2. The minimum absolute atomic E-state index is 0.000842. The number of rotatable bonds is 4. The third kappa shape index (κ3) is 3.70. The summed E-state index contributed by atoms with van der Waals surface area (Å²) in [4.78, 5) is 11.4. The van der Waals surface area contributed by atoms with Crippen LogP contribution in [-0.2, 0) is 6.61 Å². The van der Waals surface area contributed by atoms with Crippen molar-refractivity contribution in [3.05, 3.63) is 62.2 Å². The number of ketones is 1. The molecular weight excluding hydrogens is 375 g/mol. The van der Waals surface area contributed by atoms with Crippen molar-refractivity contribution in [2.45, 2.75) is 13.5 Å². The molecule has 2 rings (SSSR count). The van der Waals surface area contributed by atoms with E-state index in [0.717, 1.165) is 9.13 Å². The first-order chi connectivity index (χ1) is 9.08. The highest BCUT2D eigenvalue weighted by molar-refractivity contribution is 14.1. The summed E-state index contributed by atoms with van der Waals surface area (Å²) in [6.07, 6.45) is 0. The third-order valence-corrected chi connectivity index (χ3v) is 3.83. The van der Waals surface area contributed by atoms with Crippen molar-refractivity contribution in [1.29, 1.82) is 0 Å². The lowest BCUT2D eigenvalue weighted by Gasteiger charge is -2.10. The van der Waals surface area contributed by atoms with Gasteiger partial charge in [0.2, 0.25) is 0 Å². The van der Waals surface area contributed by atoms with Gasteiger partial charge < -0.3 is 4.74 Å². The summed E-state index contributed by atoms with van der Waals surface area (Å²) in [5, 5.41) is 0.460. The first-order valence-electron chi connectivity index (χ1n) is 5.74. The molecule has 2 nitrogen and oxygen atoms in total. The van der Waals surface area contributed by atoms with Gasteiger partial charge in [0, 0.05) is 9.13 Å². The molecule has 2 aromatic carbocycles. The van der Waals surface area contributed by atoms with E-state index in [1.54, 1.807) is 12.1 Å². The maximum Gasteiger partial charge on any atom is 0.160 e. The van der Waals surface area contributed by atoms with E-state index in [-0.39, 0.29) is 5.78 Å². The Bertz CT molecular complexity index is 597. The zero-order valence-corrected chi connectivity index (χ0v) is 13.2. The minimum Gasteiger partial charge on any atom is -0.487 e. The smallest absolute Gasteiger partial charge is 0.160 e. The summed E-state index contributed by atoms with van der Waals surface area (Å²) in [6.45, 7) is 1.98. The molecule has 0 fully saturated rings.